The molecule has 0 bridgehead atoms. The molecule has 1 aromatic carbocycles. The minimum atomic E-state index is -0.539. The molecule has 3 aromatic rings. The smallest absolute Gasteiger partial charge is 0.244 e. The Kier molecular flexibility index (Phi) is 7.43. The van der Waals surface area contributed by atoms with Crippen LogP contribution in [0.15, 0.2) is 71.6 Å². The van der Waals surface area contributed by atoms with Crippen molar-refractivity contribution in [3.8, 4) is 11.3 Å². The molecule has 178 valence electrons. The van der Waals surface area contributed by atoms with Gasteiger partial charge >= 0.3 is 0 Å². The molecule has 2 unspecified atom stereocenters. The average molecular weight is 461 g/mol. The minimum absolute atomic E-state index is 0.0130. The maximum absolute atomic E-state index is 13.3. The van der Waals surface area contributed by atoms with Crippen molar-refractivity contribution in [3.05, 3.63) is 78.3 Å². The Morgan fingerprint density at radius 2 is 1.79 bits per heavy atom. The first-order valence-electron chi connectivity index (χ1n) is 11.8. The summed E-state index contributed by atoms with van der Waals surface area (Å²) in [5.74, 6) is 0.525. The van der Waals surface area contributed by atoms with Gasteiger partial charge in [0, 0.05) is 56.1 Å². The third kappa shape index (κ3) is 5.54. The van der Waals surface area contributed by atoms with Gasteiger partial charge in [0.1, 0.15) is 11.8 Å². The highest BCUT2D eigenvalue weighted by Crippen LogP contribution is 2.22. The molecule has 1 saturated heterocycles. The van der Waals surface area contributed by atoms with Gasteiger partial charge in [-0.05, 0) is 42.3 Å². The summed E-state index contributed by atoms with van der Waals surface area (Å²) >= 11 is 0. The third-order valence-corrected chi connectivity index (χ3v) is 6.20. The van der Waals surface area contributed by atoms with Gasteiger partial charge in [-0.3, -0.25) is 19.5 Å². The van der Waals surface area contributed by atoms with Gasteiger partial charge < -0.3 is 14.6 Å². The Balaban J connectivity index is 1.45. The highest BCUT2D eigenvalue weighted by atomic mass is 16.3. The van der Waals surface area contributed by atoms with Crippen LogP contribution in [0.4, 0.5) is 0 Å². The summed E-state index contributed by atoms with van der Waals surface area (Å²) in [7, 11) is 0. The van der Waals surface area contributed by atoms with Gasteiger partial charge in [0.2, 0.25) is 11.8 Å². The highest BCUT2D eigenvalue weighted by Gasteiger charge is 2.39. The normalized spacial score (nSPS) is 18.8. The lowest BCUT2D eigenvalue weighted by Gasteiger charge is -2.45. The van der Waals surface area contributed by atoms with Crippen LogP contribution in [0.3, 0.4) is 0 Å². The van der Waals surface area contributed by atoms with Crippen molar-refractivity contribution in [1.29, 1.82) is 0 Å². The lowest BCUT2D eigenvalue weighted by atomic mass is 10.0. The number of aromatic nitrogens is 1. The first kappa shape index (κ1) is 23.7. The van der Waals surface area contributed by atoms with E-state index in [2.05, 4.69) is 15.2 Å². The van der Waals surface area contributed by atoms with Gasteiger partial charge in [-0.2, -0.15) is 0 Å². The maximum Gasteiger partial charge on any atom is 0.244 e. The molecule has 0 saturated carbocycles. The van der Waals surface area contributed by atoms with Crippen LogP contribution >= 0.6 is 0 Å². The van der Waals surface area contributed by atoms with E-state index in [0.717, 1.165) is 29.0 Å². The number of hydrogen-bond acceptors (Lipinski definition) is 5. The second-order valence-corrected chi connectivity index (χ2v) is 9.21. The fourth-order valence-corrected chi connectivity index (χ4v) is 4.47. The van der Waals surface area contributed by atoms with E-state index >= 15 is 0 Å². The molecule has 2 amide bonds. The maximum atomic E-state index is 13.3. The van der Waals surface area contributed by atoms with Crippen molar-refractivity contribution >= 4 is 11.8 Å². The van der Waals surface area contributed by atoms with Crippen molar-refractivity contribution in [1.82, 2.24) is 20.1 Å². The Hall–Kier alpha value is -3.45. The molecule has 2 atom stereocenters. The van der Waals surface area contributed by atoms with Gasteiger partial charge in [-0.25, -0.2) is 0 Å². The van der Waals surface area contributed by atoms with Crippen molar-refractivity contribution in [2.24, 2.45) is 5.92 Å². The van der Waals surface area contributed by atoms with E-state index in [1.807, 2.05) is 69.3 Å². The molecule has 0 spiro atoms. The quantitative estimate of drug-likeness (QED) is 0.582. The largest absolute Gasteiger partial charge is 0.464 e. The molecule has 34 heavy (non-hydrogen) atoms. The number of amides is 2. The second-order valence-electron chi connectivity index (χ2n) is 9.21. The number of piperazine rings is 1. The summed E-state index contributed by atoms with van der Waals surface area (Å²) in [5.41, 5.74) is 3.12. The molecule has 7 heteroatoms. The number of nitrogens with zero attached hydrogens (tertiary/aromatic N) is 3. The molecule has 0 radical (unpaired) electrons. The van der Waals surface area contributed by atoms with Crippen molar-refractivity contribution in [2.45, 2.75) is 45.9 Å². The lowest BCUT2D eigenvalue weighted by molar-refractivity contribution is -0.150. The summed E-state index contributed by atoms with van der Waals surface area (Å²) in [6, 6.07) is 15.1. The van der Waals surface area contributed by atoms with Crippen LogP contribution < -0.4 is 5.32 Å². The Morgan fingerprint density at radius 1 is 1.06 bits per heavy atom. The first-order valence-corrected chi connectivity index (χ1v) is 11.8. The van der Waals surface area contributed by atoms with E-state index in [0.29, 0.717) is 19.6 Å². The number of carbonyl (C=O) groups excluding carboxylic acids is 2. The van der Waals surface area contributed by atoms with Crippen molar-refractivity contribution < 1.29 is 14.0 Å². The van der Waals surface area contributed by atoms with Gasteiger partial charge in [0.25, 0.3) is 0 Å². The average Bonchev–Trinajstić information content (AvgIpc) is 3.38. The monoisotopic (exact) mass is 460 g/mol. The van der Waals surface area contributed by atoms with E-state index in [1.165, 1.54) is 0 Å². The lowest BCUT2D eigenvalue weighted by Crippen LogP contribution is -2.64. The third-order valence-electron chi connectivity index (χ3n) is 6.20. The van der Waals surface area contributed by atoms with E-state index in [9.17, 15) is 9.59 Å². The Morgan fingerprint density at radius 3 is 2.44 bits per heavy atom. The predicted molar refractivity (Wildman–Crippen MR) is 130 cm³/mol. The van der Waals surface area contributed by atoms with Crippen LogP contribution in [0.25, 0.3) is 11.3 Å². The van der Waals surface area contributed by atoms with Gasteiger partial charge in [-0.15, -0.1) is 0 Å². The zero-order valence-electron chi connectivity index (χ0n) is 20.0. The number of nitrogens with one attached hydrogen (secondary N) is 1. The van der Waals surface area contributed by atoms with E-state index in [-0.39, 0.29) is 23.8 Å². The summed E-state index contributed by atoms with van der Waals surface area (Å²) < 4.78 is 5.44. The summed E-state index contributed by atoms with van der Waals surface area (Å²) in [6.07, 6.45) is 5.20. The first-order chi connectivity index (χ1) is 16.4. The fourth-order valence-electron chi connectivity index (χ4n) is 4.47. The zero-order valence-corrected chi connectivity index (χ0v) is 20.0. The molecule has 1 aliphatic rings. The van der Waals surface area contributed by atoms with Gasteiger partial charge in [-0.1, -0.05) is 38.1 Å². The van der Waals surface area contributed by atoms with E-state index in [4.69, 9.17) is 4.42 Å². The van der Waals surface area contributed by atoms with Gasteiger partial charge in [0.05, 0.1) is 6.26 Å². The van der Waals surface area contributed by atoms with Crippen LogP contribution in [-0.4, -0.2) is 51.8 Å². The predicted octanol–water partition coefficient (Wildman–Crippen LogP) is 3.72. The molecule has 1 aliphatic heterocycles. The molecule has 2 aromatic heterocycles. The number of hydrogen-bond donors (Lipinski definition) is 1. The highest BCUT2D eigenvalue weighted by molar-refractivity contribution is 5.89. The van der Waals surface area contributed by atoms with E-state index in [1.54, 1.807) is 23.6 Å². The number of benzene rings is 1. The number of rotatable bonds is 7. The molecular formula is C27H32N4O3. The number of furan rings is 1. The van der Waals surface area contributed by atoms with Crippen LogP contribution in [0.2, 0.25) is 0 Å². The molecule has 4 rings (SSSR count). The van der Waals surface area contributed by atoms with Crippen LogP contribution in [0.5, 0.6) is 0 Å². The fraction of sp³-hybridized carbons (Fsp3) is 0.370. The standard InChI is InChI=1S/C27H32N4O3/c1-19(2)27(33)31-20(3)16-30(17-22-10-12-28-13-11-22)18-24(31)26(32)29-15-21-6-8-23(9-7-21)25-5-4-14-34-25/h4-14,19-20,24H,15-18H2,1-3H3,(H,29,32). The molecule has 1 N–H and O–H groups in total. The molecule has 1 fully saturated rings. The molecule has 0 aliphatic carbocycles. The zero-order chi connectivity index (χ0) is 24.1. The minimum Gasteiger partial charge on any atom is -0.464 e. The Bertz CT molecular complexity index is 1080. The van der Waals surface area contributed by atoms with Gasteiger partial charge in [0.15, 0.2) is 0 Å². The number of pyridine rings is 1. The molecule has 7 nitrogen and oxygen atoms in total. The van der Waals surface area contributed by atoms with Crippen LogP contribution in [0.1, 0.15) is 31.9 Å². The van der Waals surface area contributed by atoms with Crippen LogP contribution in [0, 0.1) is 5.92 Å². The summed E-state index contributed by atoms with van der Waals surface area (Å²) in [4.78, 5) is 34.5. The molecular weight excluding hydrogens is 428 g/mol. The number of carbonyl (C=O) groups is 2. The topological polar surface area (TPSA) is 78.7 Å². The van der Waals surface area contributed by atoms with E-state index < -0.39 is 6.04 Å². The van der Waals surface area contributed by atoms with Crippen molar-refractivity contribution in [2.75, 3.05) is 13.1 Å². The summed E-state index contributed by atoms with van der Waals surface area (Å²) in [5, 5.41) is 3.06. The van der Waals surface area contributed by atoms with Crippen molar-refractivity contribution in [3.63, 3.8) is 0 Å². The SMILES string of the molecule is CC(C)C(=O)N1C(C)CN(Cc2ccncc2)CC1C(=O)NCc1ccc(-c2ccco2)cc1. The second kappa shape index (κ2) is 10.7. The van der Waals surface area contributed by atoms with Crippen LogP contribution in [-0.2, 0) is 22.7 Å². The molecule has 3 heterocycles. The summed E-state index contributed by atoms with van der Waals surface area (Å²) in [6.45, 7) is 8.12. The Labute approximate surface area is 200 Å².